The molecule has 2 aromatic carbocycles. The van der Waals surface area contributed by atoms with E-state index in [1.807, 2.05) is 12.1 Å². The topological polar surface area (TPSA) is 74.0 Å². The summed E-state index contributed by atoms with van der Waals surface area (Å²) in [6, 6.07) is 17.6. The van der Waals surface area contributed by atoms with E-state index in [0.29, 0.717) is 41.3 Å². The lowest BCUT2D eigenvalue weighted by Gasteiger charge is -2.11. The number of nitriles is 1. The summed E-state index contributed by atoms with van der Waals surface area (Å²) in [6.07, 6.45) is 0. The summed E-state index contributed by atoms with van der Waals surface area (Å²) in [4.78, 5) is 4.60. The third-order valence-electron chi connectivity index (χ3n) is 4.15. The lowest BCUT2D eigenvalue weighted by atomic mass is 10.0. The number of nitrogens with one attached hydrogen (secondary N) is 1. The van der Waals surface area contributed by atoms with Crippen LogP contribution in [0.15, 0.2) is 59.6 Å². The average Bonchev–Trinajstić information content (AvgIpc) is 2.90. The second kappa shape index (κ2) is 6.73. The minimum Gasteiger partial charge on any atom is -0.381 e. The van der Waals surface area contributed by atoms with Gasteiger partial charge in [0.15, 0.2) is 0 Å². The molecule has 0 unspecified atom stereocenters. The molecule has 0 saturated carbocycles. The summed E-state index contributed by atoms with van der Waals surface area (Å²) < 4.78 is 14.1. The minimum absolute atomic E-state index is 0.337. The van der Waals surface area contributed by atoms with Crippen LogP contribution in [0.5, 0.6) is 0 Å². The summed E-state index contributed by atoms with van der Waals surface area (Å²) in [5, 5.41) is 20.8. The molecule has 0 atom stereocenters. The van der Waals surface area contributed by atoms with Gasteiger partial charge in [0.2, 0.25) is 0 Å². The van der Waals surface area contributed by atoms with Crippen molar-refractivity contribution in [3.63, 3.8) is 0 Å². The summed E-state index contributed by atoms with van der Waals surface area (Å²) in [5.74, 6) is -0.337. The number of nitrogens with zero attached hydrogens (tertiary/aromatic N) is 4. The Morgan fingerprint density at radius 1 is 1.04 bits per heavy atom. The molecule has 26 heavy (non-hydrogen) atoms. The molecule has 0 amide bonds. The molecule has 5 nitrogen and oxygen atoms in total. The van der Waals surface area contributed by atoms with E-state index >= 15 is 0 Å². The van der Waals surface area contributed by atoms with Crippen molar-refractivity contribution in [3.8, 4) is 17.3 Å². The van der Waals surface area contributed by atoms with Crippen LogP contribution in [0.3, 0.4) is 0 Å². The summed E-state index contributed by atoms with van der Waals surface area (Å²) in [5.41, 5.74) is 4.42. The van der Waals surface area contributed by atoms with Gasteiger partial charge in [-0.15, -0.1) is 10.2 Å². The number of aliphatic imine (C=N–C) groups is 1. The lowest BCUT2D eigenvalue weighted by Crippen LogP contribution is -2.10. The normalized spacial score (nSPS) is 13.0. The molecule has 1 aliphatic heterocycles. The molecule has 1 aliphatic rings. The number of halogens is 1. The first-order valence-corrected chi connectivity index (χ1v) is 8.18. The Morgan fingerprint density at radius 2 is 1.85 bits per heavy atom. The quantitative estimate of drug-likeness (QED) is 0.774. The van der Waals surface area contributed by atoms with Crippen LogP contribution in [0.2, 0.25) is 0 Å². The number of benzene rings is 2. The predicted octanol–water partition coefficient (Wildman–Crippen LogP) is 3.42. The molecule has 0 radical (unpaired) electrons. The second-order valence-electron chi connectivity index (χ2n) is 5.82. The van der Waals surface area contributed by atoms with Gasteiger partial charge in [0.05, 0.1) is 35.3 Å². The first kappa shape index (κ1) is 15.9. The van der Waals surface area contributed by atoms with Gasteiger partial charge in [-0.2, -0.15) is 5.26 Å². The van der Waals surface area contributed by atoms with Gasteiger partial charge in [-0.3, -0.25) is 4.99 Å². The largest absolute Gasteiger partial charge is 0.381 e. The fraction of sp³-hybridized carbons (Fsp3) is 0.100. The third-order valence-corrected chi connectivity index (χ3v) is 4.15. The van der Waals surface area contributed by atoms with Gasteiger partial charge in [-0.05, 0) is 30.3 Å². The van der Waals surface area contributed by atoms with Crippen LogP contribution in [-0.4, -0.2) is 29.0 Å². The number of anilines is 1. The van der Waals surface area contributed by atoms with Crippen LogP contribution in [0.1, 0.15) is 16.8 Å². The highest BCUT2D eigenvalue weighted by Gasteiger charge is 2.19. The summed E-state index contributed by atoms with van der Waals surface area (Å²) in [6.45, 7) is 1.23. The Kier molecular flexibility index (Phi) is 4.12. The molecule has 4 rings (SSSR count). The highest BCUT2D eigenvalue weighted by molar-refractivity contribution is 6.15. The minimum atomic E-state index is -0.337. The van der Waals surface area contributed by atoms with Crippen molar-refractivity contribution >= 4 is 11.4 Å². The van der Waals surface area contributed by atoms with Crippen molar-refractivity contribution in [1.82, 2.24) is 10.2 Å². The van der Waals surface area contributed by atoms with Gasteiger partial charge in [0, 0.05) is 17.7 Å². The van der Waals surface area contributed by atoms with Crippen LogP contribution in [0.25, 0.3) is 11.3 Å². The third kappa shape index (κ3) is 2.91. The molecular weight excluding hydrogens is 329 g/mol. The molecule has 1 N–H and O–H groups in total. The zero-order valence-corrected chi connectivity index (χ0v) is 13.8. The highest BCUT2D eigenvalue weighted by atomic mass is 19.1. The summed E-state index contributed by atoms with van der Waals surface area (Å²) in [7, 11) is 0. The second-order valence-corrected chi connectivity index (χ2v) is 5.82. The smallest absolute Gasteiger partial charge is 0.135 e. The van der Waals surface area contributed by atoms with E-state index in [1.165, 1.54) is 6.07 Å². The molecule has 0 spiro atoms. The molecule has 1 aromatic heterocycles. The Labute approximate surface area is 149 Å². The number of hydrogen-bond acceptors (Lipinski definition) is 5. The van der Waals surface area contributed by atoms with Gasteiger partial charge in [-0.1, -0.05) is 24.3 Å². The van der Waals surface area contributed by atoms with E-state index in [9.17, 15) is 4.39 Å². The molecule has 0 bridgehead atoms. The summed E-state index contributed by atoms with van der Waals surface area (Å²) >= 11 is 0. The monoisotopic (exact) mass is 343 g/mol. The molecule has 2 heterocycles. The zero-order chi connectivity index (χ0) is 17.9. The highest BCUT2D eigenvalue weighted by Crippen LogP contribution is 2.26. The van der Waals surface area contributed by atoms with Crippen molar-refractivity contribution in [3.05, 3.63) is 77.2 Å². The molecular formula is C20H14FN5. The van der Waals surface area contributed by atoms with Crippen LogP contribution >= 0.6 is 0 Å². The molecule has 0 fully saturated rings. The SMILES string of the molecule is N#Cc1ccc(C2=NCCNc3cc(-c4ccccc4F)nnc32)cc1. The van der Waals surface area contributed by atoms with E-state index in [0.717, 1.165) is 11.3 Å². The Balaban J connectivity index is 1.79. The Bertz CT molecular complexity index is 1030. The average molecular weight is 343 g/mol. The van der Waals surface area contributed by atoms with E-state index < -0.39 is 0 Å². The predicted molar refractivity (Wildman–Crippen MR) is 97.6 cm³/mol. The first-order chi connectivity index (χ1) is 12.8. The maximum absolute atomic E-state index is 14.1. The van der Waals surface area contributed by atoms with Crippen molar-refractivity contribution in [1.29, 1.82) is 5.26 Å². The molecule has 0 aliphatic carbocycles. The van der Waals surface area contributed by atoms with E-state index in [-0.39, 0.29) is 5.82 Å². The van der Waals surface area contributed by atoms with Crippen LogP contribution in [0, 0.1) is 17.1 Å². The number of rotatable bonds is 2. The fourth-order valence-corrected chi connectivity index (χ4v) is 2.87. The van der Waals surface area contributed by atoms with Gasteiger partial charge >= 0.3 is 0 Å². The van der Waals surface area contributed by atoms with E-state index in [1.54, 1.807) is 36.4 Å². The number of hydrogen-bond donors (Lipinski definition) is 1. The van der Waals surface area contributed by atoms with Gasteiger partial charge in [0.25, 0.3) is 0 Å². The van der Waals surface area contributed by atoms with Crippen LogP contribution in [0.4, 0.5) is 10.1 Å². The molecule has 126 valence electrons. The zero-order valence-electron chi connectivity index (χ0n) is 13.8. The van der Waals surface area contributed by atoms with E-state index in [4.69, 9.17) is 5.26 Å². The molecule has 0 saturated heterocycles. The molecule has 3 aromatic rings. The van der Waals surface area contributed by atoms with E-state index in [2.05, 4.69) is 26.6 Å². The number of fused-ring (bicyclic) bond motifs is 1. The molecule has 6 heteroatoms. The maximum atomic E-state index is 14.1. The van der Waals surface area contributed by atoms with Crippen molar-refractivity contribution in [2.45, 2.75) is 0 Å². The first-order valence-electron chi connectivity index (χ1n) is 8.18. The van der Waals surface area contributed by atoms with Crippen molar-refractivity contribution in [2.24, 2.45) is 4.99 Å². The van der Waals surface area contributed by atoms with Crippen molar-refractivity contribution < 1.29 is 4.39 Å². The Hall–Kier alpha value is -3.59. The maximum Gasteiger partial charge on any atom is 0.135 e. The van der Waals surface area contributed by atoms with Gasteiger partial charge in [0.1, 0.15) is 11.5 Å². The van der Waals surface area contributed by atoms with Crippen LogP contribution in [-0.2, 0) is 0 Å². The Morgan fingerprint density at radius 3 is 2.62 bits per heavy atom. The standard InChI is InChI=1S/C20H14FN5/c21-16-4-2-1-3-15(16)17-11-18-20(26-25-17)19(24-10-9-23-18)14-7-5-13(12-22)6-8-14/h1-8,11,23H,9-10H2. The number of aromatic nitrogens is 2. The van der Waals surface area contributed by atoms with Gasteiger partial charge in [-0.25, -0.2) is 4.39 Å². The lowest BCUT2D eigenvalue weighted by molar-refractivity contribution is 0.630. The van der Waals surface area contributed by atoms with Crippen molar-refractivity contribution in [2.75, 3.05) is 18.4 Å². The fourth-order valence-electron chi connectivity index (χ4n) is 2.87. The van der Waals surface area contributed by atoms with Gasteiger partial charge < -0.3 is 5.32 Å². The van der Waals surface area contributed by atoms with Crippen LogP contribution < -0.4 is 5.32 Å².